The molecule has 0 aromatic heterocycles. The summed E-state index contributed by atoms with van der Waals surface area (Å²) in [5, 5.41) is 0.393. The number of methoxy groups -OCH3 is 1. The van der Waals surface area contributed by atoms with E-state index in [1.54, 1.807) is 36.5 Å². The number of halogens is 1. The number of nitrogens with zero attached hydrogens (tertiary/aromatic N) is 2. The number of nitrogens with two attached hydrogens (primary N) is 1. The first-order chi connectivity index (χ1) is 15.0. The van der Waals surface area contributed by atoms with E-state index in [0.29, 0.717) is 23.8 Å². The summed E-state index contributed by atoms with van der Waals surface area (Å²) < 4.78 is 18.5. The molecule has 0 spiro atoms. The van der Waals surface area contributed by atoms with Crippen LogP contribution in [0.25, 0.3) is 0 Å². The molecule has 1 aliphatic heterocycles. The number of amidine groups is 1. The minimum atomic E-state index is -0.346. The standard InChI is InChI=1S/C19H23FN2O2S.C3H7N.C2H6/c1-4-6-10-17-18(23)22(12-14(5-2)13-24-3)19(25-17)21-16-9-7-8-15(20)11-16;1-2-3-4;1-2/h4,6-9,11,13,17H,5,10,12H2,1-3H3;2-3H,4H2,1H3;1-2H3/b6-4-,14-13+,21-19?;3-2+;. The lowest BCUT2D eigenvalue weighted by atomic mass is 10.2. The molecule has 31 heavy (non-hydrogen) atoms. The molecule has 1 saturated heterocycles. The molecule has 0 saturated carbocycles. The molecule has 7 heteroatoms. The number of ether oxygens (including phenoxy) is 1. The van der Waals surface area contributed by atoms with Crippen LogP contribution in [-0.4, -0.2) is 34.9 Å². The summed E-state index contributed by atoms with van der Waals surface area (Å²) in [6.45, 7) is 10.2. The Hall–Kier alpha value is -2.54. The SMILES string of the molecule is C/C=C/N.C/C=C\CC1SC(=Nc2cccc(F)c2)N(C/C(=C/OC)CC)C1=O.CC. The average Bonchev–Trinajstić information content (AvgIpc) is 3.07. The quantitative estimate of drug-likeness (QED) is 0.399. The predicted molar refractivity (Wildman–Crippen MR) is 132 cm³/mol. The molecule has 5 nitrogen and oxygen atoms in total. The van der Waals surface area contributed by atoms with Crippen molar-refractivity contribution in [2.45, 2.75) is 52.7 Å². The first kappa shape index (κ1) is 28.5. The lowest BCUT2D eigenvalue weighted by molar-refractivity contribution is -0.125. The van der Waals surface area contributed by atoms with Gasteiger partial charge in [0.05, 0.1) is 30.9 Å². The number of allylic oxidation sites excluding steroid dienone is 3. The van der Waals surface area contributed by atoms with Crippen molar-refractivity contribution in [1.29, 1.82) is 0 Å². The normalized spacial score (nSPS) is 17.6. The molecule has 2 N–H and O–H groups in total. The number of carbonyl (C=O) groups excluding carboxylic acids is 1. The Morgan fingerprint density at radius 3 is 2.52 bits per heavy atom. The maximum Gasteiger partial charge on any atom is 0.242 e. The zero-order valence-corrected chi connectivity index (χ0v) is 20.3. The number of hydrogen-bond acceptors (Lipinski definition) is 5. The molecule has 1 amide bonds. The highest BCUT2D eigenvalue weighted by Crippen LogP contribution is 2.32. The van der Waals surface area contributed by atoms with Gasteiger partial charge in [0.1, 0.15) is 5.82 Å². The van der Waals surface area contributed by atoms with Crippen molar-refractivity contribution in [3.8, 4) is 0 Å². The van der Waals surface area contributed by atoms with Gasteiger partial charge < -0.3 is 10.5 Å². The van der Waals surface area contributed by atoms with Crippen LogP contribution in [0.2, 0.25) is 0 Å². The minimum Gasteiger partial charge on any atom is -0.504 e. The zero-order chi connectivity index (χ0) is 23.6. The van der Waals surface area contributed by atoms with Gasteiger partial charge in [0.25, 0.3) is 0 Å². The summed E-state index contributed by atoms with van der Waals surface area (Å²) in [7, 11) is 1.59. The molecule has 1 aliphatic rings. The van der Waals surface area contributed by atoms with E-state index in [-0.39, 0.29) is 17.0 Å². The summed E-state index contributed by atoms with van der Waals surface area (Å²) in [6.07, 6.45) is 10.3. The van der Waals surface area contributed by atoms with Crippen LogP contribution in [0.1, 0.15) is 47.5 Å². The first-order valence-corrected chi connectivity index (χ1v) is 11.4. The molecular formula is C24H36FN3O2S. The van der Waals surface area contributed by atoms with Crippen LogP contribution in [0.15, 0.2) is 65.5 Å². The van der Waals surface area contributed by atoms with Crippen molar-refractivity contribution >= 4 is 28.5 Å². The maximum absolute atomic E-state index is 13.4. The molecule has 1 unspecified atom stereocenters. The molecule has 0 radical (unpaired) electrons. The predicted octanol–water partition coefficient (Wildman–Crippen LogP) is 6.17. The Morgan fingerprint density at radius 2 is 2.00 bits per heavy atom. The van der Waals surface area contributed by atoms with Crippen molar-refractivity contribution in [2.24, 2.45) is 10.7 Å². The molecule has 1 atom stereocenters. The summed E-state index contributed by atoms with van der Waals surface area (Å²) >= 11 is 1.42. The molecule has 1 heterocycles. The van der Waals surface area contributed by atoms with Gasteiger partial charge >= 0.3 is 0 Å². The smallest absolute Gasteiger partial charge is 0.242 e. The van der Waals surface area contributed by atoms with Gasteiger partial charge in [-0.05, 0) is 56.7 Å². The van der Waals surface area contributed by atoms with Crippen molar-refractivity contribution < 1.29 is 13.9 Å². The fourth-order valence-corrected chi connectivity index (χ4v) is 3.54. The Kier molecular flexibility index (Phi) is 15.8. The third kappa shape index (κ3) is 10.4. The zero-order valence-electron chi connectivity index (χ0n) is 19.5. The third-order valence-corrected chi connectivity index (χ3v) is 5.13. The Labute approximate surface area is 190 Å². The van der Waals surface area contributed by atoms with E-state index < -0.39 is 0 Å². The molecule has 0 aliphatic carbocycles. The Balaban J connectivity index is 0.00000134. The van der Waals surface area contributed by atoms with E-state index in [1.165, 1.54) is 30.1 Å². The number of benzene rings is 1. The largest absolute Gasteiger partial charge is 0.504 e. The number of hydrogen-bond donors (Lipinski definition) is 1. The minimum absolute atomic E-state index is 0.0220. The van der Waals surface area contributed by atoms with Gasteiger partial charge in [-0.15, -0.1) is 0 Å². The van der Waals surface area contributed by atoms with E-state index in [1.807, 2.05) is 46.8 Å². The van der Waals surface area contributed by atoms with Crippen molar-refractivity contribution in [1.82, 2.24) is 4.90 Å². The van der Waals surface area contributed by atoms with E-state index in [9.17, 15) is 9.18 Å². The van der Waals surface area contributed by atoms with E-state index >= 15 is 0 Å². The van der Waals surface area contributed by atoms with Crippen LogP contribution in [0.3, 0.4) is 0 Å². The summed E-state index contributed by atoms with van der Waals surface area (Å²) in [4.78, 5) is 19.0. The second-order valence-electron chi connectivity index (χ2n) is 6.10. The Morgan fingerprint density at radius 1 is 1.32 bits per heavy atom. The number of thioether (sulfide) groups is 1. The van der Waals surface area contributed by atoms with Gasteiger partial charge in [-0.25, -0.2) is 9.38 Å². The van der Waals surface area contributed by atoms with Crippen LogP contribution in [0.4, 0.5) is 10.1 Å². The monoisotopic (exact) mass is 449 g/mol. The molecule has 1 aromatic carbocycles. The number of carbonyl (C=O) groups is 1. The van der Waals surface area contributed by atoms with Gasteiger partial charge in [-0.3, -0.25) is 9.69 Å². The highest BCUT2D eigenvalue weighted by molar-refractivity contribution is 8.15. The van der Waals surface area contributed by atoms with Crippen LogP contribution in [0, 0.1) is 5.82 Å². The van der Waals surface area contributed by atoms with E-state index in [0.717, 1.165) is 12.0 Å². The molecule has 2 rings (SSSR count). The number of amides is 1. The van der Waals surface area contributed by atoms with Crippen molar-refractivity contribution in [3.05, 3.63) is 66.3 Å². The van der Waals surface area contributed by atoms with E-state index in [2.05, 4.69) is 4.99 Å². The van der Waals surface area contributed by atoms with Gasteiger partial charge in [0, 0.05) is 0 Å². The summed E-state index contributed by atoms with van der Waals surface area (Å²) in [5.41, 5.74) is 6.34. The van der Waals surface area contributed by atoms with Gasteiger partial charge in [0.2, 0.25) is 5.91 Å². The second kappa shape index (κ2) is 17.2. The topological polar surface area (TPSA) is 67.9 Å². The van der Waals surface area contributed by atoms with Crippen LogP contribution in [0.5, 0.6) is 0 Å². The summed E-state index contributed by atoms with van der Waals surface area (Å²) in [6, 6.07) is 6.07. The van der Waals surface area contributed by atoms with Crippen molar-refractivity contribution in [2.75, 3.05) is 13.7 Å². The van der Waals surface area contributed by atoms with Crippen LogP contribution in [-0.2, 0) is 9.53 Å². The number of rotatable bonds is 7. The highest BCUT2D eigenvalue weighted by atomic mass is 32.2. The van der Waals surface area contributed by atoms with Gasteiger partial charge in [0.15, 0.2) is 5.17 Å². The first-order valence-electron chi connectivity index (χ1n) is 10.5. The number of aliphatic imine (C=N–C) groups is 1. The molecule has 172 valence electrons. The van der Waals surface area contributed by atoms with Gasteiger partial charge in [-0.1, -0.05) is 56.8 Å². The Bertz CT molecular complexity index is 772. The fraction of sp³-hybridized carbons (Fsp3) is 0.417. The molecule has 0 bridgehead atoms. The van der Waals surface area contributed by atoms with Gasteiger partial charge in [-0.2, -0.15) is 0 Å². The third-order valence-electron chi connectivity index (χ3n) is 3.93. The lowest BCUT2D eigenvalue weighted by Gasteiger charge is -2.17. The molecule has 1 aromatic rings. The van der Waals surface area contributed by atoms with Crippen molar-refractivity contribution in [3.63, 3.8) is 0 Å². The lowest BCUT2D eigenvalue weighted by Crippen LogP contribution is -2.33. The molecular weight excluding hydrogens is 413 g/mol. The van der Waals surface area contributed by atoms with E-state index in [4.69, 9.17) is 10.5 Å². The average molecular weight is 450 g/mol. The van der Waals surface area contributed by atoms with Crippen LogP contribution < -0.4 is 5.73 Å². The highest BCUT2D eigenvalue weighted by Gasteiger charge is 2.37. The second-order valence-corrected chi connectivity index (χ2v) is 7.27. The fourth-order valence-electron chi connectivity index (χ4n) is 2.41. The molecule has 1 fully saturated rings. The maximum atomic E-state index is 13.4. The summed E-state index contributed by atoms with van der Waals surface area (Å²) in [5.74, 6) is -0.324. The van der Waals surface area contributed by atoms with Crippen LogP contribution >= 0.6 is 11.8 Å².